The summed E-state index contributed by atoms with van der Waals surface area (Å²) in [6.07, 6.45) is 7.11. The molecule has 0 fully saturated rings. The predicted octanol–water partition coefficient (Wildman–Crippen LogP) is 3.41. The molecule has 126 valence electrons. The number of esters is 1. The average Bonchev–Trinajstić information content (AvgIpc) is 3.01. The molecule has 1 aliphatic rings. The highest BCUT2D eigenvalue weighted by Gasteiger charge is 2.23. The number of aromatic nitrogens is 2. The molecule has 0 saturated heterocycles. The lowest BCUT2D eigenvalue weighted by Crippen LogP contribution is -2.22. The van der Waals surface area contributed by atoms with Crippen LogP contribution in [0, 0.1) is 0 Å². The van der Waals surface area contributed by atoms with Crippen LogP contribution in [-0.2, 0) is 17.6 Å². The van der Waals surface area contributed by atoms with Crippen molar-refractivity contribution in [3.05, 3.63) is 65.6 Å². The largest absolute Gasteiger partial charge is 0.452 e. The zero-order valence-electron chi connectivity index (χ0n) is 13.8. The minimum absolute atomic E-state index is 0.211. The van der Waals surface area contributed by atoms with E-state index in [1.807, 2.05) is 18.2 Å². The van der Waals surface area contributed by atoms with Crippen LogP contribution in [0.15, 0.2) is 48.8 Å². The highest BCUT2D eigenvalue weighted by atomic mass is 16.5. The fraction of sp³-hybridized carbons (Fsp3) is 0.250. The zero-order chi connectivity index (χ0) is 17.2. The SMILES string of the molecule is O=C(OCC(=O)n1c2c(c3ccccc31)CCCC2)c1cccnc1. The summed E-state index contributed by atoms with van der Waals surface area (Å²) in [6, 6.07) is 11.2. The van der Waals surface area contributed by atoms with Crippen molar-refractivity contribution in [2.45, 2.75) is 25.7 Å². The van der Waals surface area contributed by atoms with E-state index in [9.17, 15) is 9.59 Å². The van der Waals surface area contributed by atoms with Crippen LogP contribution in [0.2, 0.25) is 0 Å². The number of hydrogen-bond donors (Lipinski definition) is 0. The number of para-hydroxylation sites is 1. The van der Waals surface area contributed by atoms with Gasteiger partial charge in [-0.2, -0.15) is 0 Å². The number of hydrogen-bond acceptors (Lipinski definition) is 4. The van der Waals surface area contributed by atoms with Crippen molar-refractivity contribution in [3.63, 3.8) is 0 Å². The lowest BCUT2D eigenvalue weighted by Gasteiger charge is -2.15. The molecule has 0 spiro atoms. The van der Waals surface area contributed by atoms with Crippen LogP contribution in [0.25, 0.3) is 10.9 Å². The topological polar surface area (TPSA) is 61.2 Å². The highest BCUT2D eigenvalue weighted by molar-refractivity contribution is 5.98. The minimum atomic E-state index is -0.535. The molecule has 0 unspecified atom stereocenters. The second-order valence-electron chi connectivity index (χ2n) is 6.20. The van der Waals surface area contributed by atoms with Crippen molar-refractivity contribution in [2.75, 3.05) is 6.61 Å². The molecule has 0 radical (unpaired) electrons. The van der Waals surface area contributed by atoms with E-state index in [0.717, 1.165) is 42.3 Å². The van der Waals surface area contributed by atoms with Crippen LogP contribution in [-0.4, -0.2) is 28.0 Å². The smallest absolute Gasteiger partial charge is 0.340 e. The molecule has 2 aromatic heterocycles. The Morgan fingerprint density at radius 1 is 1.08 bits per heavy atom. The third-order valence-electron chi connectivity index (χ3n) is 4.65. The molecule has 0 amide bonds. The summed E-state index contributed by atoms with van der Waals surface area (Å²) >= 11 is 0. The third-order valence-corrected chi connectivity index (χ3v) is 4.65. The average molecular weight is 334 g/mol. The van der Waals surface area contributed by atoms with Gasteiger partial charge in [0.05, 0.1) is 11.1 Å². The Labute approximate surface area is 145 Å². The van der Waals surface area contributed by atoms with Gasteiger partial charge in [0.15, 0.2) is 6.61 Å². The van der Waals surface area contributed by atoms with Gasteiger partial charge < -0.3 is 4.74 Å². The summed E-state index contributed by atoms with van der Waals surface area (Å²) in [6.45, 7) is -0.279. The van der Waals surface area contributed by atoms with Crippen molar-refractivity contribution in [1.29, 1.82) is 0 Å². The van der Waals surface area contributed by atoms with Crippen LogP contribution in [0.5, 0.6) is 0 Å². The fourth-order valence-electron chi connectivity index (χ4n) is 3.54. The van der Waals surface area contributed by atoms with Gasteiger partial charge in [0.2, 0.25) is 0 Å². The summed E-state index contributed by atoms with van der Waals surface area (Å²) in [5, 5.41) is 1.13. The maximum atomic E-state index is 12.8. The molecule has 0 bridgehead atoms. The van der Waals surface area contributed by atoms with Crippen LogP contribution in [0.3, 0.4) is 0 Å². The van der Waals surface area contributed by atoms with Gasteiger partial charge in [0, 0.05) is 23.5 Å². The number of carbonyl (C=O) groups excluding carboxylic acids is 2. The molecule has 4 rings (SSSR count). The normalized spacial score (nSPS) is 13.4. The lowest BCUT2D eigenvalue weighted by atomic mass is 9.96. The van der Waals surface area contributed by atoms with E-state index in [-0.39, 0.29) is 12.5 Å². The van der Waals surface area contributed by atoms with E-state index in [1.54, 1.807) is 22.9 Å². The second-order valence-corrected chi connectivity index (χ2v) is 6.20. The molecule has 25 heavy (non-hydrogen) atoms. The Morgan fingerprint density at radius 2 is 1.92 bits per heavy atom. The van der Waals surface area contributed by atoms with Crippen molar-refractivity contribution < 1.29 is 14.3 Å². The monoisotopic (exact) mass is 334 g/mol. The Hall–Kier alpha value is -2.95. The fourth-order valence-corrected chi connectivity index (χ4v) is 3.54. The molecule has 5 heteroatoms. The first kappa shape index (κ1) is 15.6. The predicted molar refractivity (Wildman–Crippen MR) is 93.7 cm³/mol. The maximum absolute atomic E-state index is 12.8. The molecular weight excluding hydrogens is 316 g/mol. The summed E-state index contributed by atoms with van der Waals surface area (Å²) in [4.78, 5) is 28.7. The highest BCUT2D eigenvalue weighted by Crippen LogP contribution is 2.32. The number of nitrogens with zero attached hydrogens (tertiary/aromatic N) is 2. The summed E-state index contributed by atoms with van der Waals surface area (Å²) in [5.74, 6) is -0.747. The van der Waals surface area contributed by atoms with Crippen molar-refractivity contribution >= 4 is 22.8 Å². The Balaban J connectivity index is 1.61. The number of fused-ring (bicyclic) bond motifs is 3. The molecule has 5 nitrogen and oxygen atoms in total. The van der Waals surface area contributed by atoms with Gasteiger partial charge in [-0.1, -0.05) is 18.2 Å². The Morgan fingerprint density at radius 3 is 2.76 bits per heavy atom. The van der Waals surface area contributed by atoms with Crippen LogP contribution in [0.1, 0.15) is 39.3 Å². The first-order valence-electron chi connectivity index (χ1n) is 8.47. The summed E-state index contributed by atoms with van der Waals surface area (Å²) < 4.78 is 6.94. The Bertz CT molecular complexity index is 944. The number of rotatable bonds is 3. The van der Waals surface area contributed by atoms with Crippen LogP contribution < -0.4 is 0 Å². The number of carbonyl (C=O) groups is 2. The van der Waals surface area contributed by atoms with E-state index >= 15 is 0 Å². The van der Waals surface area contributed by atoms with Crippen molar-refractivity contribution in [2.24, 2.45) is 0 Å². The quantitative estimate of drug-likeness (QED) is 0.689. The molecule has 0 atom stereocenters. The van der Waals surface area contributed by atoms with E-state index in [1.165, 1.54) is 11.8 Å². The first-order chi connectivity index (χ1) is 12.3. The molecule has 0 saturated carbocycles. The Kier molecular flexibility index (Phi) is 4.06. The van der Waals surface area contributed by atoms with Gasteiger partial charge in [0.25, 0.3) is 5.91 Å². The van der Waals surface area contributed by atoms with Crippen LogP contribution in [0.4, 0.5) is 0 Å². The molecule has 3 aromatic rings. The van der Waals surface area contributed by atoms with Gasteiger partial charge in [-0.15, -0.1) is 0 Å². The standard InChI is InChI=1S/C20H18N2O3/c23-19(13-25-20(24)14-6-5-11-21-12-14)22-17-9-3-1-7-15(17)16-8-2-4-10-18(16)22/h1,3,5-7,9,11-12H,2,4,8,10,13H2. The van der Waals surface area contributed by atoms with Crippen molar-refractivity contribution in [3.8, 4) is 0 Å². The van der Waals surface area contributed by atoms with E-state index in [0.29, 0.717) is 5.56 Å². The number of benzene rings is 1. The van der Waals surface area contributed by atoms with E-state index < -0.39 is 5.97 Å². The van der Waals surface area contributed by atoms with Gasteiger partial charge in [-0.3, -0.25) is 14.3 Å². The maximum Gasteiger partial charge on any atom is 0.340 e. The minimum Gasteiger partial charge on any atom is -0.452 e. The lowest BCUT2D eigenvalue weighted by molar-refractivity contribution is 0.0449. The van der Waals surface area contributed by atoms with E-state index in [2.05, 4.69) is 11.1 Å². The van der Waals surface area contributed by atoms with Gasteiger partial charge in [-0.25, -0.2) is 4.79 Å². The third kappa shape index (κ3) is 2.82. The number of aryl methyl sites for hydroxylation is 1. The number of pyridine rings is 1. The van der Waals surface area contributed by atoms with Gasteiger partial charge in [0.1, 0.15) is 0 Å². The molecular formula is C20H18N2O3. The number of ether oxygens (including phenoxy) is 1. The molecule has 1 aliphatic carbocycles. The molecule has 2 heterocycles. The van der Waals surface area contributed by atoms with Crippen molar-refractivity contribution in [1.82, 2.24) is 9.55 Å². The zero-order valence-corrected chi connectivity index (χ0v) is 13.8. The molecule has 0 N–H and O–H groups in total. The second kappa shape index (κ2) is 6.51. The molecule has 1 aromatic carbocycles. The van der Waals surface area contributed by atoms with E-state index in [4.69, 9.17) is 4.74 Å². The first-order valence-corrected chi connectivity index (χ1v) is 8.47. The van der Waals surface area contributed by atoms with Gasteiger partial charge in [-0.05, 0) is 49.4 Å². The molecule has 0 aliphatic heterocycles. The summed E-state index contributed by atoms with van der Waals surface area (Å²) in [7, 11) is 0. The van der Waals surface area contributed by atoms with Crippen LogP contribution >= 0.6 is 0 Å². The van der Waals surface area contributed by atoms with Gasteiger partial charge >= 0.3 is 5.97 Å². The summed E-state index contributed by atoms with van der Waals surface area (Å²) in [5.41, 5.74) is 3.56.